The van der Waals surface area contributed by atoms with Gasteiger partial charge in [0, 0.05) is 23.9 Å². The lowest BCUT2D eigenvalue weighted by molar-refractivity contribution is 0.254. The summed E-state index contributed by atoms with van der Waals surface area (Å²) in [7, 11) is 1.63. The molecule has 1 aromatic carbocycles. The first-order valence-corrected chi connectivity index (χ1v) is 7.22. The Morgan fingerprint density at radius 1 is 1.33 bits per heavy atom. The summed E-state index contributed by atoms with van der Waals surface area (Å²) in [6.07, 6.45) is 1.01. The van der Waals surface area contributed by atoms with Crippen LogP contribution in [0, 0.1) is 5.92 Å². The smallest absolute Gasteiger partial charge is 0.336 e. The summed E-state index contributed by atoms with van der Waals surface area (Å²) in [6.45, 7) is 6.49. The van der Waals surface area contributed by atoms with Crippen LogP contribution in [-0.2, 0) is 11.2 Å². The predicted octanol–water partition coefficient (Wildman–Crippen LogP) is 3.16. The number of epoxide rings is 1. The molecule has 2 atom stereocenters. The van der Waals surface area contributed by atoms with Gasteiger partial charge in [-0.05, 0) is 30.5 Å². The Hall–Kier alpha value is -1.81. The predicted molar refractivity (Wildman–Crippen MR) is 80.9 cm³/mol. The van der Waals surface area contributed by atoms with E-state index in [1.165, 1.54) is 6.07 Å². The van der Waals surface area contributed by atoms with Crippen molar-refractivity contribution in [1.29, 1.82) is 0 Å². The van der Waals surface area contributed by atoms with E-state index in [1.54, 1.807) is 19.2 Å². The van der Waals surface area contributed by atoms with Crippen LogP contribution in [-0.4, -0.2) is 18.8 Å². The second kappa shape index (κ2) is 4.88. The highest BCUT2D eigenvalue weighted by Gasteiger charge is 2.54. The highest BCUT2D eigenvalue weighted by atomic mass is 16.6. The van der Waals surface area contributed by atoms with Gasteiger partial charge in [-0.1, -0.05) is 13.8 Å². The fraction of sp³-hybridized carbons (Fsp3) is 0.471. The van der Waals surface area contributed by atoms with Crippen molar-refractivity contribution in [1.82, 2.24) is 0 Å². The van der Waals surface area contributed by atoms with E-state index in [-0.39, 0.29) is 17.3 Å². The van der Waals surface area contributed by atoms with Crippen molar-refractivity contribution >= 4 is 11.0 Å². The second-order valence-electron chi connectivity index (χ2n) is 6.11. The molecule has 1 saturated heterocycles. The molecule has 4 heteroatoms. The van der Waals surface area contributed by atoms with E-state index in [0.717, 1.165) is 23.1 Å². The Morgan fingerprint density at radius 3 is 2.71 bits per heavy atom. The molecule has 112 valence electrons. The lowest BCUT2D eigenvalue weighted by atomic mass is 9.91. The van der Waals surface area contributed by atoms with Crippen molar-refractivity contribution in [2.24, 2.45) is 5.92 Å². The number of hydrogen-bond donors (Lipinski definition) is 0. The van der Waals surface area contributed by atoms with Gasteiger partial charge in [-0.25, -0.2) is 4.79 Å². The molecule has 0 spiro atoms. The summed E-state index contributed by atoms with van der Waals surface area (Å²) in [5.74, 6) is 1.21. The van der Waals surface area contributed by atoms with Crippen LogP contribution in [0.1, 0.15) is 26.3 Å². The van der Waals surface area contributed by atoms with Crippen molar-refractivity contribution in [3.63, 3.8) is 0 Å². The van der Waals surface area contributed by atoms with Crippen LogP contribution >= 0.6 is 0 Å². The molecule has 2 heterocycles. The number of hydrogen-bond acceptors (Lipinski definition) is 4. The third-order valence-electron chi connectivity index (χ3n) is 4.55. The van der Waals surface area contributed by atoms with Gasteiger partial charge in [0.15, 0.2) is 0 Å². The molecular formula is C17H20O4. The zero-order chi connectivity index (χ0) is 15.2. The largest absolute Gasteiger partial charge is 0.496 e. The topological polar surface area (TPSA) is 52.0 Å². The van der Waals surface area contributed by atoms with Gasteiger partial charge in [0.25, 0.3) is 0 Å². The second-order valence-corrected chi connectivity index (χ2v) is 6.11. The third kappa shape index (κ3) is 2.44. The molecule has 21 heavy (non-hydrogen) atoms. The molecular weight excluding hydrogens is 268 g/mol. The summed E-state index contributed by atoms with van der Waals surface area (Å²) in [6, 6.07) is 7.00. The first-order chi connectivity index (χ1) is 9.94. The standard InChI is InChI=1S/C17H20O4/c1-10(2)17(3)15(21-17)8-12-7-11-5-6-16(18)20-14(11)9-13(12)19-4/h5-7,9-10,15H,8H2,1-4H3/t15-,17-/m1/s1. The van der Waals surface area contributed by atoms with E-state index >= 15 is 0 Å². The summed E-state index contributed by atoms with van der Waals surface area (Å²) >= 11 is 0. The van der Waals surface area contributed by atoms with Crippen molar-refractivity contribution < 1.29 is 13.9 Å². The van der Waals surface area contributed by atoms with Crippen molar-refractivity contribution in [3.05, 3.63) is 40.2 Å². The Bertz CT molecular complexity index is 731. The summed E-state index contributed by atoms with van der Waals surface area (Å²) in [5, 5.41) is 0.900. The zero-order valence-corrected chi connectivity index (χ0v) is 12.8. The molecule has 1 aliphatic heterocycles. The number of fused-ring (bicyclic) bond motifs is 1. The van der Waals surface area contributed by atoms with Crippen LogP contribution in [0.2, 0.25) is 0 Å². The van der Waals surface area contributed by atoms with E-state index in [4.69, 9.17) is 13.9 Å². The van der Waals surface area contributed by atoms with Gasteiger partial charge in [0.2, 0.25) is 0 Å². The molecule has 4 nitrogen and oxygen atoms in total. The molecule has 0 N–H and O–H groups in total. The molecule has 0 radical (unpaired) electrons. The fourth-order valence-electron chi connectivity index (χ4n) is 2.72. The Kier molecular flexibility index (Phi) is 3.29. The fourth-order valence-corrected chi connectivity index (χ4v) is 2.72. The Balaban J connectivity index is 1.95. The first kappa shape index (κ1) is 14.1. The maximum atomic E-state index is 11.3. The molecule has 2 aromatic rings. The minimum absolute atomic E-state index is 0.0524. The van der Waals surface area contributed by atoms with E-state index in [9.17, 15) is 4.79 Å². The van der Waals surface area contributed by atoms with Crippen molar-refractivity contribution in [3.8, 4) is 5.75 Å². The van der Waals surface area contributed by atoms with Crippen LogP contribution in [0.3, 0.4) is 0 Å². The van der Waals surface area contributed by atoms with Crippen LogP contribution < -0.4 is 10.4 Å². The quantitative estimate of drug-likeness (QED) is 0.640. The van der Waals surface area contributed by atoms with Crippen molar-refractivity contribution in [2.75, 3.05) is 7.11 Å². The normalized spacial score (nSPS) is 24.5. The minimum atomic E-state index is -0.352. The molecule has 1 aromatic heterocycles. The van der Waals surface area contributed by atoms with E-state index in [0.29, 0.717) is 11.5 Å². The van der Waals surface area contributed by atoms with Gasteiger partial charge in [0.1, 0.15) is 11.3 Å². The number of rotatable bonds is 4. The van der Waals surface area contributed by atoms with Crippen LogP contribution in [0.25, 0.3) is 11.0 Å². The number of ether oxygens (including phenoxy) is 2. The van der Waals surface area contributed by atoms with E-state index < -0.39 is 0 Å². The first-order valence-electron chi connectivity index (χ1n) is 7.22. The maximum absolute atomic E-state index is 11.3. The highest BCUT2D eigenvalue weighted by molar-refractivity contribution is 5.79. The summed E-state index contributed by atoms with van der Waals surface area (Å²) in [5.41, 5.74) is 1.22. The highest BCUT2D eigenvalue weighted by Crippen LogP contribution is 2.45. The van der Waals surface area contributed by atoms with Gasteiger partial charge in [-0.2, -0.15) is 0 Å². The summed E-state index contributed by atoms with van der Waals surface area (Å²) in [4.78, 5) is 11.3. The SMILES string of the molecule is COc1cc2oc(=O)ccc2cc1C[C@H]1O[C@]1(C)C(C)C. The number of methoxy groups -OCH3 is 1. The zero-order valence-electron chi connectivity index (χ0n) is 12.8. The molecule has 3 rings (SSSR count). The lowest BCUT2D eigenvalue weighted by Crippen LogP contribution is -2.19. The van der Waals surface area contributed by atoms with Gasteiger partial charge >= 0.3 is 5.63 Å². The average molecular weight is 288 g/mol. The van der Waals surface area contributed by atoms with Gasteiger partial charge < -0.3 is 13.9 Å². The molecule has 0 saturated carbocycles. The average Bonchev–Trinajstić information content (AvgIpc) is 3.10. The molecule has 1 aliphatic rings. The molecule has 0 bridgehead atoms. The van der Waals surface area contributed by atoms with E-state index in [2.05, 4.69) is 20.8 Å². The summed E-state index contributed by atoms with van der Waals surface area (Å²) < 4.78 is 16.5. The lowest BCUT2D eigenvalue weighted by Gasteiger charge is -2.12. The molecule has 1 fully saturated rings. The van der Waals surface area contributed by atoms with Gasteiger partial charge in [-0.15, -0.1) is 0 Å². The van der Waals surface area contributed by atoms with Crippen LogP contribution in [0.5, 0.6) is 5.75 Å². The Labute approximate surface area is 123 Å². The van der Waals surface area contributed by atoms with Crippen molar-refractivity contribution in [2.45, 2.75) is 38.9 Å². The van der Waals surface area contributed by atoms with Crippen LogP contribution in [0.15, 0.2) is 33.5 Å². The van der Waals surface area contributed by atoms with Crippen LogP contribution in [0.4, 0.5) is 0 Å². The Morgan fingerprint density at radius 2 is 2.10 bits per heavy atom. The molecule has 0 unspecified atom stereocenters. The van der Waals surface area contributed by atoms with Gasteiger partial charge in [-0.3, -0.25) is 0 Å². The molecule has 0 amide bonds. The minimum Gasteiger partial charge on any atom is -0.496 e. The van der Waals surface area contributed by atoms with Gasteiger partial charge in [0.05, 0.1) is 18.8 Å². The molecule has 0 aliphatic carbocycles. The number of benzene rings is 1. The monoisotopic (exact) mass is 288 g/mol. The maximum Gasteiger partial charge on any atom is 0.336 e. The van der Waals surface area contributed by atoms with E-state index in [1.807, 2.05) is 6.07 Å². The third-order valence-corrected chi connectivity index (χ3v) is 4.55.